The Kier molecular flexibility index (Phi) is 8.41. The molecule has 1 aliphatic heterocycles. The minimum absolute atomic E-state index is 0.0245. The zero-order valence-electron chi connectivity index (χ0n) is 21.4. The van der Waals surface area contributed by atoms with Gasteiger partial charge in [-0.3, -0.25) is 0 Å². The number of piperidine rings is 1. The Bertz CT molecular complexity index is 1490. The third-order valence-electron chi connectivity index (χ3n) is 7.57. The van der Waals surface area contributed by atoms with E-state index in [1.807, 2.05) is 30.6 Å². The Labute approximate surface area is 234 Å². The first kappa shape index (κ1) is 27.2. The average Bonchev–Trinajstić information content (AvgIpc) is 3.37. The van der Waals surface area contributed by atoms with Crippen molar-refractivity contribution in [3.63, 3.8) is 0 Å². The van der Waals surface area contributed by atoms with E-state index in [0.29, 0.717) is 27.5 Å². The highest BCUT2D eigenvalue weighted by Gasteiger charge is 2.27. The quantitative estimate of drug-likeness (QED) is 0.231. The van der Waals surface area contributed by atoms with Gasteiger partial charge in [-0.1, -0.05) is 59.6 Å². The van der Waals surface area contributed by atoms with Crippen molar-refractivity contribution in [2.75, 3.05) is 33.2 Å². The standard InChI is InChI=1S/C29H32Cl2N4O2S/c1-33(38(36,37)25-7-3-2-4-8-25)20-23(22-11-12-26(30)27(31)19-22)13-16-34-17-14-24(15-18-34)35-21-32-28-9-5-6-10-29(28)35/h2-12,19,21,23-24H,13-18,20H2,1H3. The van der Waals surface area contributed by atoms with E-state index in [-0.39, 0.29) is 5.92 Å². The van der Waals surface area contributed by atoms with Gasteiger partial charge in [-0.25, -0.2) is 17.7 Å². The largest absolute Gasteiger partial charge is 0.327 e. The summed E-state index contributed by atoms with van der Waals surface area (Å²) >= 11 is 12.5. The van der Waals surface area contributed by atoms with Gasteiger partial charge in [0.2, 0.25) is 10.0 Å². The summed E-state index contributed by atoms with van der Waals surface area (Å²) in [4.78, 5) is 7.34. The molecule has 5 rings (SSSR count). The molecule has 2 heterocycles. The van der Waals surface area contributed by atoms with Crippen molar-refractivity contribution in [2.45, 2.75) is 36.1 Å². The van der Waals surface area contributed by atoms with Crippen molar-refractivity contribution in [3.05, 3.63) is 94.7 Å². The number of halogens is 2. The highest BCUT2D eigenvalue weighted by molar-refractivity contribution is 7.89. The highest BCUT2D eigenvalue weighted by atomic mass is 35.5. The topological polar surface area (TPSA) is 58.4 Å². The van der Waals surface area contributed by atoms with E-state index in [4.69, 9.17) is 23.2 Å². The number of likely N-dealkylation sites (N-methyl/N-ethyl adjacent to an activating group) is 1. The number of para-hydroxylation sites is 2. The molecule has 9 heteroatoms. The van der Waals surface area contributed by atoms with Gasteiger partial charge in [-0.05, 0) is 73.7 Å². The van der Waals surface area contributed by atoms with Crippen molar-refractivity contribution in [3.8, 4) is 0 Å². The van der Waals surface area contributed by atoms with E-state index in [2.05, 4.69) is 32.7 Å². The van der Waals surface area contributed by atoms with Crippen LogP contribution in [-0.4, -0.2) is 60.4 Å². The Balaban J connectivity index is 1.26. The molecule has 0 radical (unpaired) electrons. The Hall–Kier alpha value is -2.42. The fourth-order valence-electron chi connectivity index (χ4n) is 5.34. The van der Waals surface area contributed by atoms with Crippen LogP contribution in [0, 0.1) is 0 Å². The monoisotopic (exact) mass is 570 g/mol. The van der Waals surface area contributed by atoms with Crippen molar-refractivity contribution >= 4 is 44.3 Å². The third-order valence-corrected chi connectivity index (χ3v) is 10.1. The minimum Gasteiger partial charge on any atom is -0.327 e. The normalized spacial score (nSPS) is 16.3. The van der Waals surface area contributed by atoms with Gasteiger partial charge in [0.25, 0.3) is 0 Å². The molecule has 1 aromatic heterocycles. The number of aromatic nitrogens is 2. The van der Waals surface area contributed by atoms with Gasteiger partial charge in [0.1, 0.15) is 0 Å². The molecule has 3 aromatic carbocycles. The van der Waals surface area contributed by atoms with Crippen LogP contribution in [0.15, 0.2) is 84.0 Å². The van der Waals surface area contributed by atoms with Crippen LogP contribution in [0.5, 0.6) is 0 Å². The molecular weight excluding hydrogens is 539 g/mol. The third kappa shape index (κ3) is 5.92. The number of imidazole rings is 1. The first-order valence-corrected chi connectivity index (χ1v) is 15.1. The molecule has 38 heavy (non-hydrogen) atoms. The number of fused-ring (bicyclic) bond motifs is 1. The summed E-state index contributed by atoms with van der Waals surface area (Å²) in [5.74, 6) is -0.0245. The van der Waals surface area contributed by atoms with Crippen molar-refractivity contribution in [1.29, 1.82) is 0 Å². The van der Waals surface area contributed by atoms with Crippen LogP contribution in [0.25, 0.3) is 11.0 Å². The van der Waals surface area contributed by atoms with Gasteiger partial charge in [-0.15, -0.1) is 0 Å². The second-order valence-electron chi connectivity index (χ2n) is 9.97. The van der Waals surface area contributed by atoms with Crippen LogP contribution in [-0.2, 0) is 10.0 Å². The lowest BCUT2D eigenvalue weighted by atomic mass is 9.94. The number of hydrogen-bond donors (Lipinski definition) is 0. The molecule has 0 N–H and O–H groups in total. The zero-order valence-corrected chi connectivity index (χ0v) is 23.7. The summed E-state index contributed by atoms with van der Waals surface area (Å²) in [6.07, 6.45) is 4.89. The fraction of sp³-hybridized carbons (Fsp3) is 0.345. The van der Waals surface area contributed by atoms with Gasteiger partial charge in [0, 0.05) is 32.7 Å². The van der Waals surface area contributed by atoms with E-state index in [0.717, 1.165) is 50.0 Å². The summed E-state index contributed by atoms with van der Waals surface area (Å²) in [5, 5.41) is 0.977. The second-order valence-corrected chi connectivity index (χ2v) is 12.8. The lowest BCUT2D eigenvalue weighted by Crippen LogP contribution is -2.37. The van der Waals surface area contributed by atoms with Gasteiger partial charge in [0.05, 0.1) is 32.3 Å². The van der Waals surface area contributed by atoms with Gasteiger partial charge in [0.15, 0.2) is 0 Å². The number of benzene rings is 3. The lowest BCUT2D eigenvalue weighted by molar-refractivity contribution is 0.181. The minimum atomic E-state index is -3.60. The summed E-state index contributed by atoms with van der Waals surface area (Å²) in [6.45, 7) is 3.21. The zero-order chi connectivity index (χ0) is 26.7. The molecule has 0 saturated carbocycles. The average molecular weight is 572 g/mol. The number of hydrogen-bond acceptors (Lipinski definition) is 4. The van der Waals surface area contributed by atoms with E-state index in [1.54, 1.807) is 37.4 Å². The maximum atomic E-state index is 13.2. The molecular formula is C29H32Cl2N4O2S. The van der Waals surface area contributed by atoms with Crippen LogP contribution in [0.4, 0.5) is 0 Å². The first-order chi connectivity index (χ1) is 18.3. The number of rotatable bonds is 9. The maximum absolute atomic E-state index is 13.2. The van der Waals surface area contributed by atoms with Crippen LogP contribution in [0.2, 0.25) is 10.0 Å². The molecule has 0 aliphatic carbocycles. The van der Waals surface area contributed by atoms with Gasteiger partial charge in [-0.2, -0.15) is 0 Å². The molecule has 1 aliphatic rings. The van der Waals surface area contributed by atoms with Crippen LogP contribution < -0.4 is 0 Å². The Morgan fingerprint density at radius 1 is 0.974 bits per heavy atom. The fourth-order valence-corrected chi connectivity index (χ4v) is 6.88. The molecule has 0 bridgehead atoms. The molecule has 0 amide bonds. The molecule has 4 aromatic rings. The molecule has 1 fully saturated rings. The summed E-state index contributed by atoms with van der Waals surface area (Å²) in [7, 11) is -1.96. The number of nitrogens with zero attached hydrogens (tertiary/aromatic N) is 4. The molecule has 1 saturated heterocycles. The van der Waals surface area contributed by atoms with Crippen LogP contribution in [0.3, 0.4) is 0 Å². The van der Waals surface area contributed by atoms with E-state index >= 15 is 0 Å². The Morgan fingerprint density at radius 3 is 2.42 bits per heavy atom. The molecule has 1 unspecified atom stereocenters. The SMILES string of the molecule is CN(CC(CCN1CCC(n2cnc3ccccc32)CC1)c1ccc(Cl)c(Cl)c1)S(=O)(=O)c1ccccc1. The molecule has 200 valence electrons. The highest BCUT2D eigenvalue weighted by Crippen LogP contribution is 2.31. The second kappa shape index (κ2) is 11.8. The summed E-state index contributed by atoms with van der Waals surface area (Å²) in [6, 6.07) is 22.9. The van der Waals surface area contributed by atoms with Crippen LogP contribution >= 0.6 is 23.2 Å². The predicted molar refractivity (Wildman–Crippen MR) is 155 cm³/mol. The van der Waals surface area contributed by atoms with Crippen molar-refractivity contribution < 1.29 is 8.42 Å². The smallest absolute Gasteiger partial charge is 0.242 e. The van der Waals surface area contributed by atoms with Crippen LogP contribution in [0.1, 0.15) is 36.8 Å². The maximum Gasteiger partial charge on any atom is 0.242 e. The molecule has 6 nitrogen and oxygen atoms in total. The summed E-state index contributed by atoms with van der Waals surface area (Å²) in [5.41, 5.74) is 3.22. The summed E-state index contributed by atoms with van der Waals surface area (Å²) < 4.78 is 30.2. The lowest BCUT2D eigenvalue weighted by Gasteiger charge is -2.34. The molecule has 0 spiro atoms. The van der Waals surface area contributed by atoms with Crippen molar-refractivity contribution in [2.24, 2.45) is 0 Å². The number of likely N-dealkylation sites (tertiary alicyclic amines) is 1. The molecule has 1 atom stereocenters. The first-order valence-electron chi connectivity index (χ1n) is 12.9. The number of sulfonamides is 1. The van der Waals surface area contributed by atoms with Crippen molar-refractivity contribution in [1.82, 2.24) is 18.8 Å². The predicted octanol–water partition coefficient (Wildman–Crippen LogP) is 6.47. The van der Waals surface area contributed by atoms with E-state index in [9.17, 15) is 8.42 Å². The Morgan fingerprint density at radius 2 is 1.68 bits per heavy atom. The van der Waals surface area contributed by atoms with E-state index in [1.165, 1.54) is 9.82 Å². The van der Waals surface area contributed by atoms with Gasteiger partial charge >= 0.3 is 0 Å². The van der Waals surface area contributed by atoms with E-state index < -0.39 is 10.0 Å². The van der Waals surface area contributed by atoms with Gasteiger partial charge < -0.3 is 9.47 Å².